The van der Waals surface area contributed by atoms with Crippen molar-refractivity contribution < 1.29 is 4.79 Å². The number of carbonyl (C=O) groups excluding carboxylic acids is 1. The molecular formula is C15H16N6O2S. The van der Waals surface area contributed by atoms with Gasteiger partial charge in [0, 0.05) is 5.69 Å². The highest BCUT2D eigenvalue weighted by Crippen LogP contribution is 2.17. The molecule has 0 atom stereocenters. The molecule has 24 heavy (non-hydrogen) atoms. The Balaban J connectivity index is 1.70. The third-order valence-corrected chi connectivity index (χ3v) is 4.17. The zero-order valence-corrected chi connectivity index (χ0v) is 14.3. The van der Waals surface area contributed by atoms with Crippen molar-refractivity contribution in [2.75, 3.05) is 11.1 Å². The number of nitrogens with zero attached hydrogens (tertiary/aromatic N) is 4. The number of rotatable bonds is 4. The summed E-state index contributed by atoms with van der Waals surface area (Å²) in [6.45, 7) is 5.56. The van der Waals surface area contributed by atoms with E-state index in [1.807, 2.05) is 32.0 Å². The summed E-state index contributed by atoms with van der Waals surface area (Å²) in [6.07, 6.45) is 0. The van der Waals surface area contributed by atoms with Crippen molar-refractivity contribution in [2.24, 2.45) is 0 Å². The maximum atomic E-state index is 12.1. The molecule has 0 fully saturated rings. The number of hydrogen-bond donors (Lipinski definition) is 2. The second kappa shape index (κ2) is 6.44. The third-order valence-electron chi connectivity index (χ3n) is 3.25. The minimum atomic E-state index is -0.306. The van der Waals surface area contributed by atoms with E-state index in [-0.39, 0.29) is 23.0 Å². The fraction of sp³-hybridized carbons (Fsp3) is 0.267. The summed E-state index contributed by atoms with van der Waals surface area (Å²) in [5, 5.41) is 15.2. The Kier molecular flexibility index (Phi) is 4.34. The van der Waals surface area contributed by atoms with Crippen LogP contribution < -0.4 is 10.9 Å². The molecule has 1 amide bonds. The minimum absolute atomic E-state index is 0.150. The molecule has 0 aliphatic rings. The monoisotopic (exact) mass is 344 g/mol. The Morgan fingerprint density at radius 3 is 2.62 bits per heavy atom. The Labute approximate surface area is 141 Å². The molecule has 0 radical (unpaired) electrons. The van der Waals surface area contributed by atoms with E-state index < -0.39 is 0 Å². The van der Waals surface area contributed by atoms with Crippen LogP contribution >= 0.6 is 11.8 Å². The molecule has 1 aromatic carbocycles. The Morgan fingerprint density at radius 2 is 1.92 bits per heavy atom. The van der Waals surface area contributed by atoms with Crippen LogP contribution in [0.1, 0.15) is 16.8 Å². The Hall–Kier alpha value is -2.68. The van der Waals surface area contributed by atoms with Crippen LogP contribution in [0.2, 0.25) is 0 Å². The minimum Gasteiger partial charge on any atom is -0.325 e. The topological polar surface area (TPSA) is 105 Å². The summed E-state index contributed by atoms with van der Waals surface area (Å²) in [5.74, 6) is 0.263. The zero-order chi connectivity index (χ0) is 17.3. The van der Waals surface area contributed by atoms with Gasteiger partial charge in [0.2, 0.25) is 11.1 Å². The van der Waals surface area contributed by atoms with E-state index in [9.17, 15) is 9.59 Å². The van der Waals surface area contributed by atoms with E-state index in [2.05, 4.69) is 25.6 Å². The van der Waals surface area contributed by atoms with E-state index in [0.717, 1.165) is 16.8 Å². The van der Waals surface area contributed by atoms with E-state index >= 15 is 0 Å². The molecule has 0 saturated carbocycles. The first-order valence-electron chi connectivity index (χ1n) is 7.25. The van der Waals surface area contributed by atoms with Crippen LogP contribution in [-0.2, 0) is 4.79 Å². The van der Waals surface area contributed by atoms with Gasteiger partial charge in [-0.1, -0.05) is 17.8 Å². The third kappa shape index (κ3) is 3.46. The first-order valence-corrected chi connectivity index (χ1v) is 8.24. The molecule has 9 heteroatoms. The van der Waals surface area contributed by atoms with Gasteiger partial charge >= 0.3 is 0 Å². The molecule has 0 aliphatic heterocycles. The summed E-state index contributed by atoms with van der Waals surface area (Å²) in [7, 11) is 0. The fourth-order valence-corrected chi connectivity index (χ4v) is 2.97. The van der Waals surface area contributed by atoms with Crippen molar-refractivity contribution in [3.8, 4) is 0 Å². The first kappa shape index (κ1) is 16.2. The van der Waals surface area contributed by atoms with Crippen LogP contribution in [0.25, 0.3) is 5.78 Å². The quantitative estimate of drug-likeness (QED) is 0.694. The van der Waals surface area contributed by atoms with Gasteiger partial charge in [-0.15, -0.1) is 10.2 Å². The molecule has 124 valence electrons. The van der Waals surface area contributed by atoms with Crippen molar-refractivity contribution in [3.63, 3.8) is 0 Å². The largest absolute Gasteiger partial charge is 0.325 e. The van der Waals surface area contributed by atoms with E-state index in [0.29, 0.717) is 10.9 Å². The number of H-pyrrole nitrogens is 1. The van der Waals surface area contributed by atoms with Crippen LogP contribution in [0.15, 0.2) is 28.2 Å². The zero-order valence-electron chi connectivity index (χ0n) is 13.5. The number of aryl methyl sites for hydroxylation is 3. The van der Waals surface area contributed by atoms with Crippen molar-refractivity contribution in [1.82, 2.24) is 24.8 Å². The molecule has 0 aliphatic carbocycles. The van der Waals surface area contributed by atoms with Crippen molar-refractivity contribution >= 4 is 29.1 Å². The van der Waals surface area contributed by atoms with Crippen LogP contribution in [0.3, 0.4) is 0 Å². The molecular weight excluding hydrogens is 328 g/mol. The molecule has 8 nitrogen and oxygen atoms in total. The number of nitrogens with one attached hydrogen (secondary N) is 2. The van der Waals surface area contributed by atoms with Crippen LogP contribution in [0, 0.1) is 20.8 Å². The van der Waals surface area contributed by atoms with Gasteiger partial charge in [-0.3, -0.25) is 14.6 Å². The van der Waals surface area contributed by atoms with Gasteiger partial charge in [0.15, 0.2) is 0 Å². The summed E-state index contributed by atoms with van der Waals surface area (Å²) in [5.41, 5.74) is 2.94. The molecule has 2 aromatic heterocycles. The van der Waals surface area contributed by atoms with Gasteiger partial charge in [-0.25, -0.2) is 0 Å². The second-order valence-electron chi connectivity index (χ2n) is 5.47. The summed E-state index contributed by atoms with van der Waals surface area (Å²) < 4.78 is 1.42. The fourth-order valence-electron chi connectivity index (χ4n) is 2.28. The molecule has 3 aromatic rings. The number of hydrogen-bond acceptors (Lipinski definition) is 6. The van der Waals surface area contributed by atoms with Gasteiger partial charge in [0.1, 0.15) is 5.69 Å². The number of carbonyl (C=O) groups is 1. The standard InChI is InChI=1S/C15H16N6O2S/c1-8-4-9(2)6-11(5-8)16-12(22)7-24-15-19-18-14-17-13(23)10(3)20-21(14)15/h4-6H,7H2,1-3H3,(H,16,22)(H,17,18,23). The lowest BCUT2D eigenvalue weighted by molar-refractivity contribution is -0.113. The lowest BCUT2D eigenvalue weighted by atomic mass is 10.1. The SMILES string of the molecule is Cc1cc(C)cc(NC(=O)CSc2nnc3[nH]c(=O)c(C)nn23)c1. The number of fused-ring (bicyclic) bond motifs is 1. The number of aromatic nitrogens is 5. The maximum absolute atomic E-state index is 12.1. The molecule has 0 saturated heterocycles. The predicted molar refractivity (Wildman–Crippen MR) is 91.4 cm³/mol. The Bertz CT molecular complexity index is 957. The van der Waals surface area contributed by atoms with Crippen molar-refractivity contribution in [3.05, 3.63) is 45.4 Å². The molecule has 2 N–H and O–H groups in total. The van der Waals surface area contributed by atoms with Gasteiger partial charge in [0.25, 0.3) is 11.3 Å². The van der Waals surface area contributed by atoms with Crippen molar-refractivity contribution in [2.45, 2.75) is 25.9 Å². The first-order chi connectivity index (χ1) is 11.4. The molecule has 3 rings (SSSR count). The highest BCUT2D eigenvalue weighted by molar-refractivity contribution is 7.99. The highest BCUT2D eigenvalue weighted by atomic mass is 32.2. The van der Waals surface area contributed by atoms with Crippen LogP contribution in [0.4, 0.5) is 5.69 Å². The van der Waals surface area contributed by atoms with Crippen LogP contribution in [0.5, 0.6) is 0 Å². The predicted octanol–water partition coefficient (Wildman–Crippen LogP) is 1.47. The lowest BCUT2D eigenvalue weighted by Gasteiger charge is -2.07. The Morgan fingerprint density at radius 1 is 1.21 bits per heavy atom. The molecule has 0 bridgehead atoms. The number of thioether (sulfide) groups is 1. The van der Waals surface area contributed by atoms with Gasteiger partial charge < -0.3 is 5.32 Å². The van der Waals surface area contributed by atoms with Crippen LogP contribution in [-0.4, -0.2) is 36.5 Å². The van der Waals surface area contributed by atoms with Gasteiger partial charge in [-0.05, 0) is 44.0 Å². The van der Waals surface area contributed by atoms with E-state index in [4.69, 9.17) is 0 Å². The van der Waals surface area contributed by atoms with E-state index in [1.54, 1.807) is 6.92 Å². The maximum Gasteiger partial charge on any atom is 0.273 e. The number of aromatic amines is 1. The summed E-state index contributed by atoms with van der Waals surface area (Å²) in [6, 6.07) is 5.87. The summed E-state index contributed by atoms with van der Waals surface area (Å²) in [4.78, 5) is 26.2. The molecule has 2 heterocycles. The normalized spacial score (nSPS) is 11.0. The average Bonchev–Trinajstić information content (AvgIpc) is 2.86. The van der Waals surface area contributed by atoms with E-state index in [1.165, 1.54) is 16.3 Å². The lowest BCUT2D eigenvalue weighted by Crippen LogP contribution is -2.16. The average molecular weight is 344 g/mol. The van der Waals surface area contributed by atoms with Gasteiger partial charge in [0.05, 0.1) is 5.75 Å². The number of benzene rings is 1. The van der Waals surface area contributed by atoms with Crippen molar-refractivity contribution in [1.29, 1.82) is 0 Å². The second-order valence-corrected chi connectivity index (χ2v) is 6.41. The van der Waals surface area contributed by atoms with Gasteiger partial charge in [-0.2, -0.15) is 9.61 Å². The molecule has 0 spiro atoms. The smallest absolute Gasteiger partial charge is 0.273 e. The highest BCUT2D eigenvalue weighted by Gasteiger charge is 2.12. The summed E-state index contributed by atoms with van der Waals surface area (Å²) >= 11 is 1.20. The number of amides is 1. The number of anilines is 1. The molecule has 0 unspecified atom stereocenters.